The molecule has 4 aliphatic rings. The summed E-state index contributed by atoms with van der Waals surface area (Å²) in [6.07, 6.45) is -7.75. The summed E-state index contributed by atoms with van der Waals surface area (Å²) >= 11 is 3.63. The highest BCUT2D eigenvalue weighted by atomic mass is 127. The molecule has 0 aliphatic carbocycles. The first-order valence-electron chi connectivity index (χ1n) is 28.5. The monoisotopic (exact) mass is 1300 g/mol. The highest BCUT2D eigenvalue weighted by Crippen LogP contribution is 2.46. The second-order valence-corrected chi connectivity index (χ2v) is 28.9. The lowest BCUT2D eigenvalue weighted by Crippen LogP contribution is -2.73. The second-order valence-electron chi connectivity index (χ2n) is 22.3. The van der Waals surface area contributed by atoms with Gasteiger partial charge in [0.15, 0.2) is 12.6 Å². The van der Waals surface area contributed by atoms with Gasteiger partial charge in [-0.2, -0.15) is 0 Å². The summed E-state index contributed by atoms with van der Waals surface area (Å²) < 4.78 is 77.8. The van der Waals surface area contributed by atoms with Crippen LogP contribution in [0.1, 0.15) is 64.5 Å². The Hall–Kier alpha value is -6.04. The topological polar surface area (TPSA) is 139 Å². The van der Waals surface area contributed by atoms with Crippen molar-refractivity contribution in [2.24, 2.45) is 0 Å². The van der Waals surface area contributed by atoms with Crippen molar-refractivity contribution < 1.29 is 61.4 Å². The number of rotatable bonds is 22. The third kappa shape index (κ3) is 13.1. The molecular formula is C68H70INO13SSi. The Bertz CT molecular complexity index is 3260. The third-order valence-electron chi connectivity index (χ3n) is 15.9. The van der Waals surface area contributed by atoms with Gasteiger partial charge in [0.2, 0.25) is 6.29 Å². The maximum absolute atomic E-state index is 15.0. The predicted molar refractivity (Wildman–Crippen MR) is 336 cm³/mol. The van der Waals surface area contributed by atoms with Gasteiger partial charge < -0.3 is 51.8 Å². The van der Waals surface area contributed by atoms with E-state index in [9.17, 15) is 0 Å². The minimum absolute atomic E-state index is 0.0407. The summed E-state index contributed by atoms with van der Waals surface area (Å²) in [4.78, 5) is 31.2. The van der Waals surface area contributed by atoms with Crippen LogP contribution in [0, 0.1) is 0 Å². The van der Waals surface area contributed by atoms with Crippen LogP contribution in [0.25, 0.3) is 0 Å². The number of methoxy groups -OCH3 is 1. The zero-order valence-electron chi connectivity index (χ0n) is 48.1. The van der Waals surface area contributed by atoms with E-state index in [0.29, 0.717) is 15.1 Å². The number of amides is 2. The number of nitrogens with zero attached hydrogens (tertiary/aromatic N) is 1. The van der Waals surface area contributed by atoms with Crippen LogP contribution in [0.3, 0.4) is 0 Å². The fourth-order valence-electron chi connectivity index (χ4n) is 11.8. The lowest BCUT2D eigenvalue weighted by atomic mass is 9.94. The van der Waals surface area contributed by atoms with Gasteiger partial charge in [-0.3, -0.25) is 14.5 Å². The molecule has 14 nitrogen and oxygen atoms in total. The standard InChI is InChI=1S/C68H70INO13SSi/c1-44(69)64(82-61-60(58-55(79-67(61)84-6)43-76-65(81-58)47-28-16-9-17-29-47)83-85(68(2,3)4,50-30-18-10-19-31-50)51-32-20-11-21-33-51)80-57-54(42-74-40-45-24-12-7-13-25-45)78-66(77-49-38-36-48(73-5)37-39-49)56(59(57)75-41-46-26-14-8-15-27-46)70-62(71)52-34-22-23-35-53(52)63(70)72/h7-39,54-61,64-67H,1,40-43H2,2-6H3/t54-,55-,56-,57-,58-,59-,60+,61+,64?,65?,66-,67-/m1/s1. The molecule has 0 saturated carbocycles. The first-order chi connectivity index (χ1) is 41.3. The average Bonchev–Trinajstić information content (AvgIpc) is 2.04. The quantitative estimate of drug-likeness (QED) is 0.0275. The molecule has 17 heteroatoms. The molecule has 85 heavy (non-hydrogen) atoms. The minimum atomic E-state index is -3.41. The zero-order valence-corrected chi connectivity index (χ0v) is 52.0. The summed E-state index contributed by atoms with van der Waals surface area (Å²) in [5, 5.41) is 1.67. The molecule has 442 valence electrons. The van der Waals surface area contributed by atoms with Gasteiger partial charge in [-0.15, -0.1) is 11.8 Å². The summed E-state index contributed by atoms with van der Waals surface area (Å²) in [7, 11) is -1.83. The van der Waals surface area contributed by atoms with Crippen molar-refractivity contribution in [2.75, 3.05) is 26.6 Å². The van der Waals surface area contributed by atoms with Gasteiger partial charge in [-0.1, -0.05) is 191 Å². The lowest BCUT2D eigenvalue weighted by Gasteiger charge is -2.54. The number of carbonyl (C=O) groups is 2. The third-order valence-corrected chi connectivity index (χ3v) is 22.2. The molecule has 3 fully saturated rings. The fourth-order valence-corrected chi connectivity index (χ4v) is 17.5. The Morgan fingerprint density at radius 1 is 0.659 bits per heavy atom. The van der Waals surface area contributed by atoms with Crippen molar-refractivity contribution >= 4 is 64.9 Å². The highest BCUT2D eigenvalue weighted by Gasteiger charge is 2.60. The largest absolute Gasteiger partial charge is 0.497 e. The maximum atomic E-state index is 15.0. The first kappa shape index (κ1) is 60.6. The lowest BCUT2D eigenvalue weighted by molar-refractivity contribution is -0.339. The number of hydrogen-bond donors (Lipinski definition) is 0. The molecule has 4 aliphatic heterocycles. The van der Waals surface area contributed by atoms with Crippen molar-refractivity contribution in [1.82, 2.24) is 4.90 Å². The van der Waals surface area contributed by atoms with E-state index in [1.165, 1.54) is 16.7 Å². The van der Waals surface area contributed by atoms with Gasteiger partial charge in [0.1, 0.15) is 65.7 Å². The van der Waals surface area contributed by atoms with Gasteiger partial charge in [0.25, 0.3) is 20.1 Å². The van der Waals surface area contributed by atoms with E-state index in [0.717, 1.165) is 27.1 Å². The number of benzene rings is 7. The van der Waals surface area contributed by atoms with Gasteiger partial charge in [0, 0.05) is 9.14 Å². The molecule has 0 radical (unpaired) electrons. The molecule has 2 amide bonds. The molecule has 3 saturated heterocycles. The molecule has 11 rings (SSSR count). The van der Waals surface area contributed by atoms with Crippen LogP contribution in [-0.2, 0) is 55.5 Å². The second kappa shape index (κ2) is 27.3. The Morgan fingerprint density at radius 3 is 1.74 bits per heavy atom. The number of thioether (sulfide) groups is 1. The zero-order chi connectivity index (χ0) is 59.1. The molecular weight excluding hydrogens is 1230 g/mol. The van der Waals surface area contributed by atoms with E-state index < -0.39 is 98.2 Å². The average molecular weight is 1300 g/mol. The first-order valence-corrected chi connectivity index (χ1v) is 32.8. The Kier molecular flexibility index (Phi) is 19.5. The van der Waals surface area contributed by atoms with E-state index in [-0.39, 0.29) is 37.6 Å². The smallest absolute Gasteiger partial charge is 0.262 e. The molecule has 7 aromatic carbocycles. The van der Waals surface area contributed by atoms with Gasteiger partial charge in [-0.25, -0.2) is 0 Å². The van der Waals surface area contributed by atoms with E-state index in [2.05, 4.69) is 98.5 Å². The van der Waals surface area contributed by atoms with Gasteiger partial charge in [-0.05, 0) is 91.8 Å². The number of imide groups is 1. The van der Waals surface area contributed by atoms with Gasteiger partial charge in [0.05, 0.1) is 44.7 Å². The SMILES string of the molecule is C=C(I)C(O[C@H]1[C@@H](O[Si](c2ccccc2)(c2ccccc2)C(C)(C)C)[C@@H]2OC(c3ccccc3)OC[C@H]2O[C@@H]1SC)O[C@H]1[C@H](OCc2ccccc2)[C@@H](N2C(=O)c3ccccc3C2=O)[C@H](Oc2ccc(OC)cc2)O[C@@H]1COCc1ccccc1. The van der Waals surface area contributed by atoms with E-state index in [1.807, 2.05) is 109 Å². The molecule has 7 aromatic rings. The molecule has 4 heterocycles. The Balaban J connectivity index is 1.04. The molecule has 0 spiro atoms. The van der Waals surface area contributed by atoms with Crippen molar-refractivity contribution in [1.29, 1.82) is 0 Å². The molecule has 12 atom stereocenters. The van der Waals surface area contributed by atoms with Crippen LogP contribution in [-0.4, -0.2) is 118 Å². The molecule has 0 N–H and O–H groups in total. The van der Waals surface area contributed by atoms with E-state index in [4.69, 9.17) is 51.8 Å². The summed E-state index contributed by atoms with van der Waals surface area (Å²) in [6.45, 7) is 11.7. The fraction of sp³-hybridized carbons (Fsp3) is 0.324. The number of carbonyl (C=O) groups excluding carboxylic acids is 2. The van der Waals surface area contributed by atoms with Crippen molar-refractivity contribution in [3.05, 3.63) is 238 Å². The Labute approximate surface area is 516 Å². The van der Waals surface area contributed by atoms with Crippen molar-refractivity contribution in [3.63, 3.8) is 0 Å². The minimum Gasteiger partial charge on any atom is -0.497 e. The summed E-state index contributed by atoms with van der Waals surface area (Å²) in [5.74, 6) is -0.0979. The molecule has 2 unspecified atom stereocenters. The van der Waals surface area contributed by atoms with E-state index in [1.54, 1.807) is 55.6 Å². The van der Waals surface area contributed by atoms with Crippen LogP contribution in [0.5, 0.6) is 11.5 Å². The normalized spacial score (nSPS) is 25.4. The maximum Gasteiger partial charge on any atom is 0.262 e. The van der Waals surface area contributed by atoms with Crippen LogP contribution >= 0.6 is 34.4 Å². The van der Waals surface area contributed by atoms with Gasteiger partial charge >= 0.3 is 0 Å². The molecule has 0 bridgehead atoms. The molecule has 0 aromatic heterocycles. The van der Waals surface area contributed by atoms with Crippen LogP contribution in [0.15, 0.2) is 210 Å². The van der Waals surface area contributed by atoms with Crippen LogP contribution < -0.4 is 19.8 Å². The predicted octanol–water partition coefficient (Wildman–Crippen LogP) is 11.5. The number of halogens is 1. The number of hydrogen-bond acceptors (Lipinski definition) is 14. The summed E-state index contributed by atoms with van der Waals surface area (Å²) in [5.41, 5.74) is 2.41. The van der Waals surface area contributed by atoms with Crippen LogP contribution in [0.2, 0.25) is 5.04 Å². The van der Waals surface area contributed by atoms with Crippen molar-refractivity contribution in [3.8, 4) is 11.5 Å². The number of fused-ring (bicyclic) bond motifs is 2. The summed E-state index contributed by atoms with van der Waals surface area (Å²) in [6, 6.07) is 62.7. The Morgan fingerprint density at radius 2 is 1.19 bits per heavy atom. The van der Waals surface area contributed by atoms with Crippen molar-refractivity contribution in [2.45, 2.75) is 112 Å². The number of ether oxygens (including phenoxy) is 10. The van der Waals surface area contributed by atoms with Crippen LogP contribution in [0.4, 0.5) is 0 Å². The highest BCUT2D eigenvalue weighted by molar-refractivity contribution is 14.1. The van der Waals surface area contributed by atoms with E-state index >= 15 is 9.59 Å².